The number of aliphatic hydroxyl groups excluding tert-OH is 2. The van der Waals surface area contributed by atoms with Crippen LogP contribution in [0.2, 0.25) is 0 Å². The third-order valence-electron chi connectivity index (χ3n) is 5.93. The summed E-state index contributed by atoms with van der Waals surface area (Å²) >= 11 is 0. The van der Waals surface area contributed by atoms with Crippen LogP contribution in [0.1, 0.15) is 54.4 Å². The Labute approximate surface area is 170 Å². The minimum Gasteiger partial charge on any atom is -0.396 e. The number of nitrogens with one attached hydrogen (secondary N) is 1. The highest BCUT2D eigenvalue weighted by molar-refractivity contribution is 6.13. The molecule has 0 radical (unpaired) electrons. The number of hydrogen-bond acceptors (Lipinski definition) is 5. The lowest BCUT2D eigenvalue weighted by Gasteiger charge is -2.23. The molecule has 1 aliphatic carbocycles. The fourth-order valence-electron chi connectivity index (χ4n) is 4.08. The summed E-state index contributed by atoms with van der Waals surface area (Å²) in [6.07, 6.45) is 2.43. The van der Waals surface area contributed by atoms with Crippen LogP contribution >= 0.6 is 0 Å². The number of carbonyl (C=O) groups excluding carboxylic acids is 1. The van der Waals surface area contributed by atoms with Crippen molar-refractivity contribution < 1.29 is 19.4 Å². The van der Waals surface area contributed by atoms with Gasteiger partial charge in [0.05, 0.1) is 17.7 Å². The van der Waals surface area contributed by atoms with Crippen molar-refractivity contribution in [1.29, 1.82) is 0 Å². The van der Waals surface area contributed by atoms with Gasteiger partial charge in [0.15, 0.2) is 5.78 Å². The topological polar surface area (TPSA) is 87.4 Å². The van der Waals surface area contributed by atoms with Crippen LogP contribution in [0, 0.1) is 19.8 Å². The molecule has 3 N–H and O–H groups in total. The normalized spacial score (nSPS) is 24.7. The molecule has 6 nitrogen and oxygen atoms in total. The molecule has 3 rings (SSSR count). The van der Waals surface area contributed by atoms with Gasteiger partial charge in [-0.2, -0.15) is 0 Å². The second-order valence-corrected chi connectivity index (χ2v) is 8.91. The van der Waals surface area contributed by atoms with Gasteiger partial charge in [0, 0.05) is 53.6 Å². The maximum Gasteiger partial charge on any atom is 0.198 e. The van der Waals surface area contributed by atoms with Gasteiger partial charge in [0.1, 0.15) is 6.17 Å². The van der Waals surface area contributed by atoms with Crippen LogP contribution in [-0.2, 0) is 5.54 Å². The molecule has 2 heterocycles. The number of pyridine rings is 1. The van der Waals surface area contributed by atoms with Gasteiger partial charge < -0.3 is 20.1 Å². The van der Waals surface area contributed by atoms with E-state index in [0.29, 0.717) is 16.8 Å². The second-order valence-electron chi connectivity index (χ2n) is 8.91. The fourth-order valence-corrected chi connectivity index (χ4v) is 4.08. The molecule has 0 unspecified atom stereocenters. The number of anilines is 1. The molecule has 0 bridgehead atoms. The van der Waals surface area contributed by atoms with E-state index >= 15 is 0 Å². The number of halogens is 1. The lowest BCUT2D eigenvalue weighted by Crippen LogP contribution is -2.32. The Kier molecular flexibility index (Phi) is 5.83. The van der Waals surface area contributed by atoms with Gasteiger partial charge in [0.25, 0.3) is 0 Å². The van der Waals surface area contributed by atoms with Crippen LogP contribution in [-0.4, -0.2) is 50.5 Å². The molecule has 1 aliphatic rings. The van der Waals surface area contributed by atoms with Gasteiger partial charge >= 0.3 is 0 Å². The predicted molar refractivity (Wildman–Crippen MR) is 110 cm³/mol. The van der Waals surface area contributed by atoms with E-state index in [9.17, 15) is 19.4 Å². The van der Waals surface area contributed by atoms with Crippen LogP contribution in [0.4, 0.5) is 10.1 Å². The van der Waals surface area contributed by atoms with Gasteiger partial charge in [0.2, 0.25) is 0 Å². The first-order valence-corrected chi connectivity index (χ1v) is 9.93. The first-order chi connectivity index (χ1) is 13.6. The molecule has 2 aromatic rings. The van der Waals surface area contributed by atoms with Gasteiger partial charge in [-0.3, -0.25) is 9.78 Å². The minimum absolute atomic E-state index is 0.163. The van der Waals surface area contributed by atoms with E-state index in [1.807, 2.05) is 20.0 Å². The highest BCUT2D eigenvalue weighted by atomic mass is 19.1. The van der Waals surface area contributed by atoms with Gasteiger partial charge in [-0.05, 0) is 52.7 Å². The second kappa shape index (κ2) is 7.88. The monoisotopic (exact) mass is 403 g/mol. The molecule has 29 heavy (non-hydrogen) atoms. The number of aliphatic hydroxyl groups is 2. The van der Waals surface area contributed by atoms with Crippen molar-refractivity contribution in [2.45, 2.75) is 64.9 Å². The molecule has 0 amide bonds. The van der Waals surface area contributed by atoms with E-state index in [2.05, 4.69) is 35.6 Å². The largest absolute Gasteiger partial charge is 0.396 e. The van der Waals surface area contributed by atoms with E-state index in [-0.39, 0.29) is 24.3 Å². The summed E-state index contributed by atoms with van der Waals surface area (Å²) in [5.74, 6) is -0.703. The molecule has 158 valence electrons. The van der Waals surface area contributed by atoms with Gasteiger partial charge in [-0.25, -0.2) is 4.39 Å². The van der Waals surface area contributed by atoms with E-state index < -0.39 is 24.2 Å². The van der Waals surface area contributed by atoms with Crippen molar-refractivity contribution >= 4 is 11.5 Å². The SMILES string of the molecule is Cc1c(C(=O)c2cnccc2N[C@@H]2C[C@H](CO)[C@@H](O)[C@@H]2F)cn(C(C)(C)C)c1C. The zero-order valence-corrected chi connectivity index (χ0v) is 17.6. The fraction of sp³-hybridized carbons (Fsp3) is 0.545. The predicted octanol–water partition coefficient (Wildman–Crippen LogP) is 2.98. The summed E-state index contributed by atoms with van der Waals surface area (Å²) in [6.45, 7) is 9.87. The molecule has 4 atom stereocenters. The standard InChI is InChI=1S/C22H30FN3O3/c1-12-13(2)26(22(3,4)5)10-16(12)21(29)15-9-24-7-6-17(15)25-18-8-14(11-27)20(28)19(18)23/h6-7,9-10,14,18-20,27-28H,8,11H2,1-5H3,(H,24,25)/t14-,18-,19-,20-/m1/s1. The number of alkyl halides is 1. The summed E-state index contributed by atoms with van der Waals surface area (Å²) in [7, 11) is 0. The molecular weight excluding hydrogens is 373 g/mol. The maximum absolute atomic E-state index is 14.5. The van der Waals surface area contributed by atoms with Crippen molar-refractivity contribution in [2.24, 2.45) is 5.92 Å². The Morgan fingerprint density at radius 1 is 1.34 bits per heavy atom. The van der Waals surface area contributed by atoms with E-state index in [1.165, 1.54) is 6.20 Å². The van der Waals surface area contributed by atoms with Gasteiger partial charge in [-0.15, -0.1) is 0 Å². The summed E-state index contributed by atoms with van der Waals surface area (Å²) in [5, 5.41) is 22.3. The quantitative estimate of drug-likeness (QED) is 0.668. The first-order valence-electron chi connectivity index (χ1n) is 9.93. The smallest absolute Gasteiger partial charge is 0.198 e. The van der Waals surface area contributed by atoms with Crippen LogP contribution in [0.25, 0.3) is 0 Å². The van der Waals surface area contributed by atoms with Crippen molar-refractivity contribution in [3.05, 3.63) is 47.0 Å². The Bertz CT molecular complexity index is 903. The van der Waals surface area contributed by atoms with Crippen molar-refractivity contribution in [3.8, 4) is 0 Å². The van der Waals surface area contributed by atoms with Gasteiger partial charge in [-0.1, -0.05) is 0 Å². The summed E-state index contributed by atoms with van der Waals surface area (Å²) < 4.78 is 16.6. The Hall–Kier alpha value is -2.25. The van der Waals surface area contributed by atoms with E-state index in [1.54, 1.807) is 12.3 Å². The van der Waals surface area contributed by atoms with E-state index in [4.69, 9.17) is 0 Å². The number of rotatable bonds is 5. The summed E-state index contributed by atoms with van der Waals surface area (Å²) in [5.41, 5.74) is 3.18. The third-order valence-corrected chi connectivity index (χ3v) is 5.93. The zero-order chi connectivity index (χ0) is 21.5. The molecular formula is C22H30FN3O3. The van der Waals surface area contributed by atoms with Crippen LogP contribution < -0.4 is 5.32 Å². The molecule has 0 spiro atoms. The number of ketones is 1. The molecule has 2 aromatic heterocycles. The van der Waals surface area contributed by atoms with Crippen molar-refractivity contribution in [2.75, 3.05) is 11.9 Å². The van der Waals surface area contributed by atoms with Crippen molar-refractivity contribution in [3.63, 3.8) is 0 Å². The number of aromatic nitrogens is 2. The molecule has 0 aromatic carbocycles. The van der Waals surface area contributed by atoms with Crippen LogP contribution in [0.15, 0.2) is 24.7 Å². The Morgan fingerprint density at radius 3 is 2.59 bits per heavy atom. The average molecular weight is 403 g/mol. The third kappa shape index (κ3) is 3.94. The highest BCUT2D eigenvalue weighted by Crippen LogP contribution is 2.33. The summed E-state index contributed by atoms with van der Waals surface area (Å²) in [4.78, 5) is 17.4. The average Bonchev–Trinajstić information content (AvgIpc) is 3.12. The highest BCUT2D eigenvalue weighted by Gasteiger charge is 2.42. The molecule has 1 fully saturated rings. The maximum atomic E-state index is 14.5. The molecule has 0 aliphatic heterocycles. The zero-order valence-electron chi connectivity index (χ0n) is 17.6. The van der Waals surface area contributed by atoms with Crippen LogP contribution in [0.3, 0.4) is 0 Å². The number of carbonyl (C=O) groups is 1. The van der Waals surface area contributed by atoms with E-state index in [0.717, 1.165) is 11.3 Å². The first kappa shape index (κ1) is 21.5. The number of nitrogens with zero attached hydrogens (tertiary/aromatic N) is 2. The lowest BCUT2D eigenvalue weighted by atomic mass is 10.0. The Morgan fingerprint density at radius 2 is 2.03 bits per heavy atom. The molecule has 0 saturated heterocycles. The summed E-state index contributed by atoms with van der Waals surface area (Å²) in [6, 6.07) is 0.958. The Balaban J connectivity index is 1.93. The lowest BCUT2D eigenvalue weighted by molar-refractivity contribution is 0.0444. The van der Waals surface area contributed by atoms with Crippen molar-refractivity contribution in [1.82, 2.24) is 9.55 Å². The number of hydrogen-bond donors (Lipinski definition) is 3. The minimum atomic E-state index is -1.52. The van der Waals surface area contributed by atoms with Crippen LogP contribution in [0.5, 0.6) is 0 Å². The molecule has 7 heteroatoms. The molecule has 1 saturated carbocycles.